The van der Waals surface area contributed by atoms with Crippen LogP contribution in [0.2, 0.25) is 0 Å². The van der Waals surface area contributed by atoms with Gasteiger partial charge in [0.25, 0.3) is 0 Å². The summed E-state index contributed by atoms with van der Waals surface area (Å²) in [6, 6.07) is 9.33. The highest BCUT2D eigenvalue weighted by atomic mass is 16.4. The van der Waals surface area contributed by atoms with Crippen LogP contribution in [0.4, 0.5) is 4.79 Å². The molecular formula is C18H29NO4. The fraction of sp³-hybridized carbons (Fsp3) is 0.611. The number of amides is 1. The van der Waals surface area contributed by atoms with Gasteiger partial charge in [-0.3, -0.25) is 4.90 Å². The third-order valence-electron chi connectivity index (χ3n) is 3.96. The van der Waals surface area contributed by atoms with Crippen molar-refractivity contribution in [3.63, 3.8) is 0 Å². The largest absolute Gasteiger partial charge is 0.465 e. The monoisotopic (exact) mass is 323 g/mol. The van der Waals surface area contributed by atoms with Crippen LogP contribution in [-0.4, -0.2) is 50.6 Å². The summed E-state index contributed by atoms with van der Waals surface area (Å²) in [7, 11) is 0. The minimum absolute atomic E-state index is 0.174. The van der Waals surface area contributed by atoms with Crippen molar-refractivity contribution in [2.24, 2.45) is 5.92 Å². The van der Waals surface area contributed by atoms with Crippen LogP contribution >= 0.6 is 0 Å². The van der Waals surface area contributed by atoms with Gasteiger partial charge in [-0.2, -0.15) is 0 Å². The minimum Gasteiger partial charge on any atom is -0.465 e. The van der Waals surface area contributed by atoms with Gasteiger partial charge in [0.05, 0.1) is 18.8 Å². The van der Waals surface area contributed by atoms with E-state index in [4.69, 9.17) is 0 Å². The van der Waals surface area contributed by atoms with Crippen LogP contribution < -0.4 is 0 Å². The number of carbonyl (C=O) groups is 1. The lowest BCUT2D eigenvalue weighted by Gasteiger charge is -2.42. The first-order valence-corrected chi connectivity index (χ1v) is 8.02. The molecule has 1 amide bonds. The number of nitrogens with zero attached hydrogens (tertiary/aromatic N) is 1. The van der Waals surface area contributed by atoms with E-state index in [1.165, 1.54) is 10.5 Å². The van der Waals surface area contributed by atoms with Crippen LogP contribution in [0.3, 0.4) is 0 Å². The molecule has 5 heteroatoms. The molecule has 0 heterocycles. The molecule has 0 saturated carbocycles. The van der Waals surface area contributed by atoms with Gasteiger partial charge < -0.3 is 15.3 Å². The molecule has 0 fully saturated rings. The molecule has 5 nitrogen and oxygen atoms in total. The maximum atomic E-state index is 11.7. The second kappa shape index (κ2) is 8.31. The summed E-state index contributed by atoms with van der Waals surface area (Å²) >= 11 is 0. The van der Waals surface area contributed by atoms with E-state index in [0.717, 1.165) is 6.42 Å². The summed E-state index contributed by atoms with van der Waals surface area (Å²) in [6.07, 6.45) is -0.890. The maximum Gasteiger partial charge on any atom is 0.408 e. The van der Waals surface area contributed by atoms with Crippen LogP contribution in [0.1, 0.15) is 39.7 Å². The zero-order valence-corrected chi connectivity index (χ0v) is 14.4. The molecule has 3 N–H and O–H groups in total. The molecular weight excluding hydrogens is 294 g/mol. The predicted molar refractivity (Wildman–Crippen MR) is 90.4 cm³/mol. The van der Waals surface area contributed by atoms with Gasteiger partial charge >= 0.3 is 6.09 Å². The lowest BCUT2D eigenvalue weighted by molar-refractivity contribution is -0.0233. The molecule has 1 aromatic carbocycles. The molecule has 1 aromatic rings. The Morgan fingerprint density at radius 2 is 1.78 bits per heavy atom. The minimum atomic E-state index is -1.09. The van der Waals surface area contributed by atoms with Crippen LogP contribution in [0, 0.1) is 5.92 Å². The third-order valence-corrected chi connectivity index (χ3v) is 3.96. The number of hydrogen-bond donors (Lipinski definition) is 3. The number of aliphatic hydroxyl groups excluding tert-OH is 2. The molecule has 0 bridgehead atoms. The summed E-state index contributed by atoms with van der Waals surface area (Å²) in [6.45, 7) is 6.95. The first-order valence-electron chi connectivity index (χ1n) is 8.02. The van der Waals surface area contributed by atoms with Crippen molar-refractivity contribution < 1.29 is 20.1 Å². The SMILES string of the molecule is CC(Cc1ccccc1)C[C@@H]([C@H](O)CO)N(C(=O)O)C(C)(C)C. The molecule has 0 saturated heterocycles. The van der Waals surface area contributed by atoms with E-state index in [0.29, 0.717) is 6.42 Å². The Morgan fingerprint density at radius 1 is 1.22 bits per heavy atom. The molecule has 1 unspecified atom stereocenters. The van der Waals surface area contributed by atoms with E-state index >= 15 is 0 Å². The molecule has 130 valence electrons. The summed E-state index contributed by atoms with van der Waals surface area (Å²) in [5.41, 5.74) is 0.522. The number of aliphatic hydroxyl groups is 2. The summed E-state index contributed by atoms with van der Waals surface area (Å²) in [4.78, 5) is 12.9. The van der Waals surface area contributed by atoms with Crippen LogP contribution in [0.15, 0.2) is 30.3 Å². The molecule has 0 aliphatic rings. The van der Waals surface area contributed by atoms with E-state index in [-0.39, 0.29) is 5.92 Å². The Bertz CT molecular complexity index is 484. The van der Waals surface area contributed by atoms with Gasteiger partial charge in [0.1, 0.15) is 0 Å². The van der Waals surface area contributed by atoms with Crippen LogP contribution in [-0.2, 0) is 6.42 Å². The number of hydrogen-bond acceptors (Lipinski definition) is 3. The van der Waals surface area contributed by atoms with Crippen molar-refractivity contribution in [2.75, 3.05) is 6.61 Å². The zero-order valence-electron chi connectivity index (χ0n) is 14.4. The normalized spacial score (nSPS) is 15.7. The van der Waals surface area contributed by atoms with E-state index < -0.39 is 30.4 Å². The lowest BCUT2D eigenvalue weighted by atomic mass is 9.89. The Hall–Kier alpha value is -1.59. The first-order chi connectivity index (χ1) is 10.7. The zero-order chi connectivity index (χ0) is 17.6. The molecule has 0 spiro atoms. The van der Waals surface area contributed by atoms with Crippen molar-refractivity contribution in [3.8, 4) is 0 Å². The quantitative estimate of drug-likeness (QED) is 0.721. The van der Waals surface area contributed by atoms with Crippen molar-refractivity contribution in [1.82, 2.24) is 4.90 Å². The topological polar surface area (TPSA) is 81.0 Å². The highest BCUT2D eigenvalue weighted by molar-refractivity contribution is 5.66. The van der Waals surface area contributed by atoms with Gasteiger partial charge in [0, 0.05) is 5.54 Å². The van der Waals surface area contributed by atoms with Crippen LogP contribution in [0.25, 0.3) is 0 Å². The van der Waals surface area contributed by atoms with Crippen molar-refractivity contribution in [2.45, 2.75) is 58.2 Å². The predicted octanol–water partition coefficient (Wildman–Crippen LogP) is 2.76. The third kappa shape index (κ3) is 5.84. The Labute approximate surface area is 138 Å². The van der Waals surface area contributed by atoms with Gasteiger partial charge in [0.15, 0.2) is 0 Å². The summed E-state index contributed by atoms with van der Waals surface area (Å²) in [5.74, 6) is 0.174. The van der Waals surface area contributed by atoms with Crippen molar-refractivity contribution in [3.05, 3.63) is 35.9 Å². The Morgan fingerprint density at radius 3 is 2.22 bits per heavy atom. The first kappa shape index (κ1) is 19.5. The fourth-order valence-electron chi connectivity index (χ4n) is 2.99. The lowest BCUT2D eigenvalue weighted by Crippen LogP contribution is -2.56. The van der Waals surface area contributed by atoms with Gasteiger partial charge in [-0.05, 0) is 45.1 Å². The van der Waals surface area contributed by atoms with E-state index in [9.17, 15) is 20.1 Å². The van der Waals surface area contributed by atoms with E-state index in [2.05, 4.69) is 0 Å². The highest BCUT2D eigenvalue weighted by Crippen LogP contribution is 2.25. The second-order valence-corrected chi connectivity index (χ2v) is 7.17. The molecule has 3 atom stereocenters. The number of rotatable bonds is 7. The van der Waals surface area contributed by atoms with Crippen molar-refractivity contribution in [1.29, 1.82) is 0 Å². The summed E-state index contributed by atoms with van der Waals surface area (Å²) in [5, 5.41) is 29.1. The molecule has 0 radical (unpaired) electrons. The molecule has 0 aliphatic carbocycles. The van der Waals surface area contributed by atoms with E-state index in [1.807, 2.05) is 37.3 Å². The van der Waals surface area contributed by atoms with Gasteiger partial charge in [-0.1, -0.05) is 37.3 Å². The van der Waals surface area contributed by atoms with Gasteiger partial charge in [-0.25, -0.2) is 4.79 Å². The Kier molecular flexibility index (Phi) is 7.03. The maximum absolute atomic E-state index is 11.7. The Balaban J connectivity index is 2.91. The average Bonchev–Trinajstić information content (AvgIpc) is 2.44. The van der Waals surface area contributed by atoms with Crippen LogP contribution in [0.5, 0.6) is 0 Å². The molecule has 0 aliphatic heterocycles. The smallest absolute Gasteiger partial charge is 0.408 e. The molecule has 1 rings (SSSR count). The van der Waals surface area contributed by atoms with Crippen molar-refractivity contribution >= 4 is 6.09 Å². The highest BCUT2D eigenvalue weighted by Gasteiger charge is 2.37. The number of benzene rings is 1. The standard InChI is InChI=1S/C18H29NO4/c1-13(10-14-8-6-5-7-9-14)11-15(16(21)12-20)19(17(22)23)18(2,3)4/h5-9,13,15-16,20-21H,10-12H2,1-4H3,(H,22,23)/t13?,15-,16+/m0/s1. The molecule has 23 heavy (non-hydrogen) atoms. The summed E-state index contributed by atoms with van der Waals surface area (Å²) < 4.78 is 0. The van der Waals surface area contributed by atoms with Gasteiger partial charge in [-0.15, -0.1) is 0 Å². The fourth-order valence-corrected chi connectivity index (χ4v) is 2.99. The number of carboxylic acid groups (broad SMARTS) is 1. The van der Waals surface area contributed by atoms with Gasteiger partial charge in [0.2, 0.25) is 0 Å². The molecule has 0 aromatic heterocycles. The average molecular weight is 323 g/mol. The second-order valence-electron chi connectivity index (χ2n) is 7.17. The van der Waals surface area contributed by atoms with E-state index in [1.54, 1.807) is 20.8 Å².